The van der Waals surface area contributed by atoms with Crippen LogP contribution in [0.5, 0.6) is 5.75 Å². The predicted octanol–water partition coefficient (Wildman–Crippen LogP) is 4.89. The van der Waals surface area contributed by atoms with E-state index in [4.69, 9.17) is 9.47 Å². The van der Waals surface area contributed by atoms with Crippen LogP contribution in [0, 0.1) is 12.7 Å². The Balaban J connectivity index is 1.26. The van der Waals surface area contributed by atoms with E-state index in [2.05, 4.69) is 15.3 Å². The minimum absolute atomic E-state index is 0.0923. The first kappa shape index (κ1) is 37.0. The van der Waals surface area contributed by atoms with E-state index in [-0.39, 0.29) is 65.3 Å². The Bertz CT molecular complexity index is 2550. The van der Waals surface area contributed by atoms with Gasteiger partial charge in [0.1, 0.15) is 23.7 Å². The van der Waals surface area contributed by atoms with Gasteiger partial charge in [-0.1, -0.05) is 30.3 Å². The van der Waals surface area contributed by atoms with Crippen LogP contribution in [0.15, 0.2) is 101 Å². The standard InChI is InChI=1S/C40H35F3N6O6/c1-23-18-25(48-16-17-54-22-33(48)40(2,42)43)20-29(41)34(23)36(50)46-30(38(52)55-26-8-5-4-6-9-26)19-24-11-12-31(35-27(24)10-7-14-45-35)49-37(51)28-13-15-44-21-32(28)47(3)39(49)53/h4-15,18,20-21,30,33H,16-17,19,22H2,1-3H3,(H,46,50)/t30-,33+/m0/s1. The summed E-state index contributed by atoms with van der Waals surface area (Å²) >= 11 is 0. The third kappa shape index (κ3) is 7.17. The number of fused-ring (bicyclic) bond motifs is 2. The average molecular weight is 753 g/mol. The molecule has 1 amide bonds. The van der Waals surface area contributed by atoms with Gasteiger partial charge in [-0.05, 0) is 60.5 Å². The summed E-state index contributed by atoms with van der Waals surface area (Å²) in [5.74, 6) is -5.70. The maximum atomic E-state index is 15.9. The van der Waals surface area contributed by atoms with E-state index in [1.165, 1.54) is 60.2 Å². The van der Waals surface area contributed by atoms with Gasteiger partial charge < -0.3 is 19.7 Å². The zero-order valence-corrected chi connectivity index (χ0v) is 30.0. The summed E-state index contributed by atoms with van der Waals surface area (Å²) in [5.41, 5.74) is 0.0454. The number of hydrogen-bond donors (Lipinski definition) is 1. The highest BCUT2D eigenvalue weighted by Gasteiger charge is 2.41. The van der Waals surface area contributed by atoms with E-state index in [0.717, 1.165) is 17.6 Å². The van der Waals surface area contributed by atoms with Gasteiger partial charge >= 0.3 is 11.7 Å². The van der Waals surface area contributed by atoms with Gasteiger partial charge in [0.05, 0.1) is 47.1 Å². The van der Waals surface area contributed by atoms with Crippen LogP contribution in [-0.4, -0.2) is 68.7 Å². The van der Waals surface area contributed by atoms with E-state index < -0.39 is 46.9 Å². The normalized spacial score (nSPS) is 15.2. The fourth-order valence-electron chi connectivity index (χ4n) is 6.91. The lowest BCUT2D eigenvalue weighted by molar-refractivity contribution is -0.136. The molecular weight excluding hydrogens is 717 g/mol. The smallest absolute Gasteiger partial charge is 0.335 e. The summed E-state index contributed by atoms with van der Waals surface area (Å²) in [5, 5.41) is 3.36. The van der Waals surface area contributed by atoms with Crippen molar-refractivity contribution < 1.29 is 32.2 Å². The molecule has 15 heteroatoms. The van der Waals surface area contributed by atoms with Crippen molar-refractivity contribution in [3.63, 3.8) is 0 Å². The number of carbonyl (C=O) groups excluding carboxylic acids is 2. The number of anilines is 1. The quantitative estimate of drug-likeness (QED) is 0.162. The molecule has 0 aliphatic carbocycles. The van der Waals surface area contributed by atoms with Crippen molar-refractivity contribution in [1.82, 2.24) is 24.4 Å². The summed E-state index contributed by atoms with van der Waals surface area (Å²) in [7, 11) is 1.53. The number of nitrogens with zero attached hydrogens (tertiary/aromatic N) is 5. The summed E-state index contributed by atoms with van der Waals surface area (Å²) in [6.45, 7) is 2.25. The fraction of sp³-hybridized carbons (Fsp3) is 0.250. The molecule has 3 aromatic carbocycles. The number of aromatic nitrogens is 4. The molecule has 2 atom stereocenters. The van der Waals surface area contributed by atoms with E-state index in [0.29, 0.717) is 16.5 Å². The van der Waals surface area contributed by atoms with Gasteiger partial charge in [0.25, 0.3) is 17.4 Å². The molecule has 1 N–H and O–H groups in total. The van der Waals surface area contributed by atoms with Gasteiger partial charge in [0.15, 0.2) is 0 Å². The van der Waals surface area contributed by atoms with Crippen molar-refractivity contribution in [3.8, 4) is 11.4 Å². The van der Waals surface area contributed by atoms with Gasteiger partial charge in [-0.25, -0.2) is 27.3 Å². The number of alkyl halides is 2. The number of hydrogen-bond acceptors (Lipinski definition) is 9. The van der Waals surface area contributed by atoms with Crippen molar-refractivity contribution in [2.24, 2.45) is 7.05 Å². The Hall–Kier alpha value is -6.35. The molecule has 3 aromatic heterocycles. The van der Waals surface area contributed by atoms with Crippen LogP contribution in [0.1, 0.15) is 28.4 Å². The van der Waals surface area contributed by atoms with Crippen LogP contribution in [0.2, 0.25) is 0 Å². The van der Waals surface area contributed by atoms with Gasteiger partial charge in [0, 0.05) is 50.4 Å². The van der Waals surface area contributed by atoms with Gasteiger partial charge in [-0.2, -0.15) is 0 Å². The monoisotopic (exact) mass is 752 g/mol. The highest BCUT2D eigenvalue weighted by Crippen LogP contribution is 2.32. The second kappa shape index (κ2) is 14.8. The molecule has 1 saturated heterocycles. The Kier molecular flexibility index (Phi) is 9.97. The lowest BCUT2D eigenvalue weighted by atomic mass is 9.98. The Labute approximate surface area is 311 Å². The van der Waals surface area contributed by atoms with E-state index in [9.17, 15) is 28.0 Å². The zero-order valence-electron chi connectivity index (χ0n) is 30.0. The van der Waals surface area contributed by atoms with E-state index in [1.807, 2.05) is 0 Å². The number of esters is 1. The van der Waals surface area contributed by atoms with Crippen LogP contribution < -0.4 is 26.2 Å². The van der Waals surface area contributed by atoms with Gasteiger partial charge in [-0.3, -0.25) is 24.1 Å². The van der Waals surface area contributed by atoms with Crippen molar-refractivity contribution in [3.05, 3.63) is 135 Å². The second-order valence-corrected chi connectivity index (χ2v) is 13.3. The maximum Gasteiger partial charge on any atom is 0.335 e. The zero-order chi connectivity index (χ0) is 39.0. The van der Waals surface area contributed by atoms with Crippen molar-refractivity contribution in [2.75, 3.05) is 24.7 Å². The molecule has 1 aliphatic heterocycles. The van der Waals surface area contributed by atoms with Gasteiger partial charge in [0.2, 0.25) is 0 Å². The Morgan fingerprint density at radius 3 is 2.56 bits per heavy atom. The van der Waals surface area contributed by atoms with Crippen LogP contribution >= 0.6 is 0 Å². The number of pyridine rings is 2. The molecule has 4 heterocycles. The number of nitrogens with one attached hydrogen (secondary N) is 1. The van der Waals surface area contributed by atoms with Crippen LogP contribution in [0.25, 0.3) is 27.5 Å². The summed E-state index contributed by atoms with van der Waals surface area (Å²) in [4.78, 5) is 64.8. The molecule has 55 heavy (non-hydrogen) atoms. The highest BCUT2D eigenvalue weighted by molar-refractivity contribution is 5.99. The molecular formula is C40H35F3N6O6. The number of morpholine rings is 1. The molecule has 282 valence electrons. The molecule has 0 bridgehead atoms. The topological polar surface area (TPSA) is 138 Å². The SMILES string of the molecule is Cc1cc(N2CCOC[C@@H]2C(C)(F)F)cc(F)c1C(=O)N[C@@H](Cc1ccc(-n2c(=O)c3ccncc3n(C)c2=O)c2ncccc12)C(=O)Oc1ccccc1. The molecule has 1 fully saturated rings. The minimum atomic E-state index is -3.15. The Morgan fingerprint density at radius 1 is 1.04 bits per heavy atom. The molecule has 1 aliphatic rings. The first-order chi connectivity index (χ1) is 26.3. The van der Waals surface area contributed by atoms with Crippen molar-refractivity contribution in [2.45, 2.75) is 38.3 Å². The first-order valence-corrected chi connectivity index (χ1v) is 17.4. The molecule has 0 unspecified atom stereocenters. The summed E-state index contributed by atoms with van der Waals surface area (Å²) in [6.07, 6.45) is 4.21. The third-order valence-electron chi connectivity index (χ3n) is 9.67. The molecule has 0 spiro atoms. The van der Waals surface area contributed by atoms with Gasteiger partial charge in [-0.15, -0.1) is 0 Å². The highest BCUT2D eigenvalue weighted by atomic mass is 19.3. The number of aryl methyl sites for hydroxylation is 2. The third-order valence-corrected chi connectivity index (χ3v) is 9.67. The number of rotatable bonds is 9. The molecule has 0 radical (unpaired) electrons. The first-order valence-electron chi connectivity index (χ1n) is 17.4. The lowest BCUT2D eigenvalue weighted by Crippen LogP contribution is -2.54. The van der Waals surface area contributed by atoms with Crippen LogP contribution in [-0.2, 0) is 23.0 Å². The molecule has 12 nitrogen and oxygen atoms in total. The number of ether oxygens (including phenoxy) is 2. The molecule has 0 saturated carbocycles. The number of halogens is 3. The van der Waals surface area contributed by atoms with Crippen LogP contribution in [0.4, 0.5) is 18.9 Å². The minimum Gasteiger partial charge on any atom is -0.425 e. The largest absolute Gasteiger partial charge is 0.425 e. The second-order valence-electron chi connectivity index (χ2n) is 13.3. The Morgan fingerprint density at radius 2 is 1.82 bits per heavy atom. The van der Waals surface area contributed by atoms with E-state index in [1.54, 1.807) is 48.5 Å². The van der Waals surface area contributed by atoms with Crippen molar-refractivity contribution in [1.29, 1.82) is 0 Å². The fourth-order valence-corrected chi connectivity index (χ4v) is 6.91. The maximum absolute atomic E-state index is 15.9. The average Bonchev–Trinajstić information content (AvgIpc) is 3.17. The van der Waals surface area contributed by atoms with E-state index >= 15 is 4.39 Å². The van der Waals surface area contributed by atoms with Crippen molar-refractivity contribution >= 4 is 39.4 Å². The summed E-state index contributed by atoms with van der Waals surface area (Å²) < 4.78 is 58.0. The molecule has 6 aromatic rings. The number of para-hydroxylation sites is 1. The number of benzene rings is 3. The summed E-state index contributed by atoms with van der Waals surface area (Å²) in [6, 6.07) is 15.9. The predicted molar refractivity (Wildman–Crippen MR) is 199 cm³/mol. The van der Waals surface area contributed by atoms with Crippen LogP contribution in [0.3, 0.4) is 0 Å². The number of carbonyl (C=O) groups is 2. The lowest BCUT2D eigenvalue weighted by Gasteiger charge is -2.40. The number of amides is 1. The molecule has 7 rings (SSSR count).